The average molecular weight is 410 g/mol. The Kier molecular flexibility index (Phi) is 7.14. The normalized spacial score (nSPS) is 12.8. The molecule has 1 amide bonds. The van der Waals surface area contributed by atoms with E-state index in [0.717, 1.165) is 11.6 Å². The first-order chi connectivity index (χ1) is 14.5. The van der Waals surface area contributed by atoms with E-state index in [4.69, 9.17) is 4.74 Å². The SMILES string of the molecule is CCOc1ccccc1NC(=O)C(NC(C)c1ccc(F)cc1F)c1ccccc1. The second-order valence-corrected chi connectivity index (χ2v) is 6.82. The number of ether oxygens (including phenoxy) is 1. The molecule has 2 unspecified atom stereocenters. The molecule has 6 heteroatoms. The van der Waals surface area contributed by atoms with Crippen LogP contribution in [-0.4, -0.2) is 12.5 Å². The Morgan fingerprint density at radius 3 is 2.40 bits per heavy atom. The Hall–Kier alpha value is -3.25. The highest BCUT2D eigenvalue weighted by Crippen LogP contribution is 2.27. The molecule has 0 fully saturated rings. The molecule has 0 saturated carbocycles. The molecule has 0 heterocycles. The van der Waals surface area contributed by atoms with Crippen molar-refractivity contribution >= 4 is 11.6 Å². The second-order valence-electron chi connectivity index (χ2n) is 6.82. The van der Waals surface area contributed by atoms with Crippen molar-refractivity contribution < 1.29 is 18.3 Å². The first-order valence-electron chi connectivity index (χ1n) is 9.78. The molecular formula is C24H24F2N2O2. The lowest BCUT2D eigenvalue weighted by molar-refractivity contribution is -0.118. The minimum absolute atomic E-state index is 0.278. The van der Waals surface area contributed by atoms with E-state index in [1.807, 2.05) is 43.3 Å². The molecule has 30 heavy (non-hydrogen) atoms. The highest BCUT2D eigenvalue weighted by atomic mass is 19.1. The number of halogens is 2. The lowest BCUT2D eigenvalue weighted by Crippen LogP contribution is -2.35. The quantitative estimate of drug-likeness (QED) is 0.523. The smallest absolute Gasteiger partial charge is 0.246 e. The van der Waals surface area contributed by atoms with Gasteiger partial charge in [-0.3, -0.25) is 10.1 Å². The van der Waals surface area contributed by atoms with Crippen LogP contribution in [0.25, 0.3) is 0 Å². The standard InChI is InChI=1S/C24H24F2N2O2/c1-3-30-22-12-8-7-11-21(22)28-24(29)23(17-9-5-4-6-10-17)27-16(2)19-14-13-18(25)15-20(19)26/h4-16,23,27H,3H2,1-2H3,(H,28,29). The fraction of sp³-hybridized carbons (Fsp3) is 0.208. The molecule has 0 spiro atoms. The fourth-order valence-corrected chi connectivity index (χ4v) is 3.22. The van der Waals surface area contributed by atoms with Crippen LogP contribution < -0.4 is 15.4 Å². The summed E-state index contributed by atoms with van der Waals surface area (Å²) in [6.45, 7) is 4.06. The largest absolute Gasteiger partial charge is 0.492 e. The van der Waals surface area contributed by atoms with Crippen molar-refractivity contribution in [1.82, 2.24) is 5.32 Å². The maximum absolute atomic E-state index is 14.2. The third-order valence-corrected chi connectivity index (χ3v) is 4.69. The summed E-state index contributed by atoms with van der Waals surface area (Å²) in [5, 5.41) is 6.06. The van der Waals surface area contributed by atoms with Crippen LogP contribution >= 0.6 is 0 Å². The predicted octanol–water partition coefficient (Wildman–Crippen LogP) is 5.39. The number of amides is 1. The number of carbonyl (C=O) groups is 1. The number of anilines is 1. The highest BCUT2D eigenvalue weighted by molar-refractivity contribution is 5.96. The van der Waals surface area contributed by atoms with Gasteiger partial charge in [-0.25, -0.2) is 8.78 Å². The number of rotatable bonds is 8. The van der Waals surface area contributed by atoms with Crippen molar-refractivity contribution in [2.45, 2.75) is 25.9 Å². The van der Waals surface area contributed by atoms with Gasteiger partial charge in [0.2, 0.25) is 5.91 Å². The van der Waals surface area contributed by atoms with Gasteiger partial charge >= 0.3 is 0 Å². The topological polar surface area (TPSA) is 50.4 Å². The van der Waals surface area contributed by atoms with Gasteiger partial charge in [0.1, 0.15) is 23.4 Å². The molecule has 0 aliphatic rings. The summed E-state index contributed by atoms with van der Waals surface area (Å²) in [5.41, 5.74) is 1.55. The van der Waals surface area contributed by atoms with Crippen LogP contribution in [-0.2, 0) is 4.79 Å². The fourth-order valence-electron chi connectivity index (χ4n) is 3.22. The number of nitrogens with one attached hydrogen (secondary N) is 2. The summed E-state index contributed by atoms with van der Waals surface area (Å²) < 4.78 is 33.1. The molecule has 0 radical (unpaired) electrons. The van der Waals surface area contributed by atoms with Gasteiger partial charge in [0.05, 0.1) is 12.3 Å². The Morgan fingerprint density at radius 2 is 1.70 bits per heavy atom. The van der Waals surface area contributed by atoms with Crippen LogP contribution in [0, 0.1) is 11.6 Å². The second kappa shape index (κ2) is 9.98. The van der Waals surface area contributed by atoms with Crippen LogP contribution in [0.15, 0.2) is 72.8 Å². The van der Waals surface area contributed by atoms with Crippen LogP contribution in [0.2, 0.25) is 0 Å². The molecule has 3 aromatic rings. The van der Waals surface area contributed by atoms with Crippen molar-refractivity contribution in [3.05, 3.63) is 95.6 Å². The number of hydrogen-bond donors (Lipinski definition) is 2. The molecule has 2 N–H and O–H groups in total. The van der Waals surface area contributed by atoms with Gasteiger partial charge in [-0.15, -0.1) is 0 Å². The number of para-hydroxylation sites is 2. The van der Waals surface area contributed by atoms with E-state index in [1.54, 1.807) is 25.1 Å². The van der Waals surface area contributed by atoms with Crippen molar-refractivity contribution in [3.8, 4) is 5.75 Å². The summed E-state index contributed by atoms with van der Waals surface area (Å²) in [6.07, 6.45) is 0. The number of benzene rings is 3. The van der Waals surface area contributed by atoms with Gasteiger partial charge in [-0.1, -0.05) is 48.5 Å². The molecule has 0 bridgehead atoms. The molecule has 156 valence electrons. The highest BCUT2D eigenvalue weighted by Gasteiger charge is 2.25. The van der Waals surface area contributed by atoms with Crippen LogP contribution in [0.3, 0.4) is 0 Å². The minimum atomic E-state index is -0.764. The zero-order chi connectivity index (χ0) is 21.5. The van der Waals surface area contributed by atoms with Crippen molar-refractivity contribution in [2.24, 2.45) is 0 Å². The zero-order valence-electron chi connectivity index (χ0n) is 16.9. The Balaban J connectivity index is 1.87. The summed E-state index contributed by atoms with van der Waals surface area (Å²) in [4.78, 5) is 13.2. The molecule has 2 atom stereocenters. The van der Waals surface area contributed by atoms with E-state index in [2.05, 4.69) is 10.6 Å². The van der Waals surface area contributed by atoms with Gasteiger partial charge in [-0.05, 0) is 37.6 Å². The number of hydrogen-bond acceptors (Lipinski definition) is 3. The molecule has 0 aliphatic heterocycles. The Morgan fingerprint density at radius 1 is 1.00 bits per heavy atom. The molecule has 4 nitrogen and oxygen atoms in total. The Bertz CT molecular complexity index is 996. The van der Waals surface area contributed by atoms with Gasteiger partial charge in [0, 0.05) is 17.7 Å². The van der Waals surface area contributed by atoms with Gasteiger partial charge < -0.3 is 10.1 Å². The maximum atomic E-state index is 14.2. The summed E-state index contributed by atoms with van der Waals surface area (Å²) in [6, 6.07) is 18.4. The van der Waals surface area contributed by atoms with Crippen LogP contribution in [0.4, 0.5) is 14.5 Å². The van der Waals surface area contributed by atoms with Crippen molar-refractivity contribution in [3.63, 3.8) is 0 Å². The van der Waals surface area contributed by atoms with E-state index in [1.165, 1.54) is 12.1 Å². The van der Waals surface area contributed by atoms with Crippen molar-refractivity contribution in [2.75, 3.05) is 11.9 Å². The molecule has 0 aliphatic carbocycles. The van der Waals surface area contributed by atoms with Crippen molar-refractivity contribution in [1.29, 1.82) is 0 Å². The van der Waals surface area contributed by atoms with E-state index in [0.29, 0.717) is 18.0 Å². The Labute approximate surface area is 174 Å². The van der Waals surface area contributed by atoms with E-state index >= 15 is 0 Å². The van der Waals surface area contributed by atoms with Crippen LogP contribution in [0.1, 0.15) is 37.1 Å². The third kappa shape index (κ3) is 5.21. The minimum Gasteiger partial charge on any atom is -0.492 e. The first-order valence-corrected chi connectivity index (χ1v) is 9.78. The lowest BCUT2D eigenvalue weighted by Gasteiger charge is -2.24. The zero-order valence-corrected chi connectivity index (χ0v) is 16.9. The number of carbonyl (C=O) groups excluding carboxylic acids is 1. The molecule has 3 aromatic carbocycles. The van der Waals surface area contributed by atoms with Gasteiger partial charge in [-0.2, -0.15) is 0 Å². The van der Waals surface area contributed by atoms with Gasteiger partial charge in [0.15, 0.2) is 0 Å². The monoisotopic (exact) mass is 410 g/mol. The van der Waals surface area contributed by atoms with E-state index in [-0.39, 0.29) is 11.5 Å². The summed E-state index contributed by atoms with van der Waals surface area (Å²) in [7, 11) is 0. The predicted molar refractivity (Wildman–Crippen MR) is 113 cm³/mol. The van der Waals surface area contributed by atoms with E-state index < -0.39 is 23.7 Å². The molecular weight excluding hydrogens is 386 g/mol. The van der Waals surface area contributed by atoms with Gasteiger partial charge in [0.25, 0.3) is 0 Å². The van der Waals surface area contributed by atoms with Crippen LogP contribution in [0.5, 0.6) is 5.75 Å². The maximum Gasteiger partial charge on any atom is 0.246 e. The third-order valence-electron chi connectivity index (χ3n) is 4.69. The first kappa shape index (κ1) is 21.5. The molecule has 0 saturated heterocycles. The molecule has 3 rings (SSSR count). The summed E-state index contributed by atoms with van der Waals surface area (Å²) in [5.74, 6) is -1.06. The molecule has 0 aromatic heterocycles. The lowest BCUT2D eigenvalue weighted by atomic mass is 10.0. The van der Waals surface area contributed by atoms with E-state index in [9.17, 15) is 13.6 Å². The summed E-state index contributed by atoms with van der Waals surface area (Å²) >= 11 is 0. The average Bonchev–Trinajstić information content (AvgIpc) is 2.74.